The van der Waals surface area contributed by atoms with E-state index >= 15 is 0 Å². The number of carbonyl (C=O) groups is 2. The smallest absolute Gasteiger partial charge is 0.332 e. The number of carbonyl (C=O) groups excluding carboxylic acids is 2. The average Bonchev–Trinajstić information content (AvgIpc) is 2.30. The van der Waals surface area contributed by atoms with E-state index in [1.165, 1.54) is 24.9 Å². The number of esters is 1. The zero-order chi connectivity index (χ0) is 11.5. The van der Waals surface area contributed by atoms with Gasteiger partial charge < -0.3 is 10.1 Å². The lowest BCUT2D eigenvalue weighted by Gasteiger charge is -2.26. The minimum atomic E-state index is -0.503. The molecule has 1 aliphatic carbocycles. The van der Waals surface area contributed by atoms with Gasteiger partial charge in [0.1, 0.15) is 5.70 Å². The Morgan fingerprint density at radius 3 is 2.94 bits per heavy atom. The number of rotatable bonds is 1. The molecule has 0 bridgehead atoms. The summed E-state index contributed by atoms with van der Waals surface area (Å²) in [5.74, 6) is -0.503. The van der Waals surface area contributed by atoms with Crippen LogP contribution in [0.3, 0.4) is 0 Å². The summed E-state index contributed by atoms with van der Waals surface area (Å²) in [5.41, 5.74) is 1.42. The first kappa shape index (κ1) is 11.3. The van der Waals surface area contributed by atoms with Crippen LogP contribution in [0, 0.1) is 0 Å². The number of methoxy groups -OCH3 is 1. The molecule has 0 atom stereocenters. The SMILES string of the molecule is COC(=O)/C=C1/NC2=C(CCCC2)SC1=O. The number of nitrogens with one attached hydrogen (secondary N) is 1. The molecule has 0 amide bonds. The van der Waals surface area contributed by atoms with Crippen LogP contribution in [-0.2, 0) is 14.3 Å². The summed E-state index contributed by atoms with van der Waals surface area (Å²) in [6, 6.07) is 0. The van der Waals surface area contributed by atoms with E-state index in [1.807, 2.05) is 0 Å². The highest BCUT2D eigenvalue weighted by atomic mass is 32.2. The Morgan fingerprint density at radius 1 is 1.44 bits per heavy atom. The lowest BCUT2D eigenvalue weighted by atomic mass is 10.0. The van der Waals surface area contributed by atoms with Crippen molar-refractivity contribution >= 4 is 22.8 Å². The van der Waals surface area contributed by atoms with Crippen molar-refractivity contribution in [2.75, 3.05) is 7.11 Å². The van der Waals surface area contributed by atoms with Gasteiger partial charge in [0.25, 0.3) is 0 Å². The summed E-state index contributed by atoms with van der Waals surface area (Å²) in [7, 11) is 1.30. The highest BCUT2D eigenvalue weighted by Crippen LogP contribution is 2.36. The predicted octanol–water partition coefficient (Wildman–Crippen LogP) is 1.69. The summed E-state index contributed by atoms with van der Waals surface area (Å²) in [6.45, 7) is 0. The molecular weight excluding hydrogens is 226 g/mol. The third-order valence-electron chi connectivity index (χ3n) is 2.60. The van der Waals surface area contributed by atoms with Crippen molar-refractivity contribution in [3.63, 3.8) is 0 Å². The highest BCUT2D eigenvalue weighted by Gasteiger charge is 2.25. The summed E-state index contributed by atoms with van der Waals surface area (Å²) >= 11 is 1.23. The summed E-state index contributed by atoms with van der Waals surface area (Å²) in [4.78, 5) is 23.9. The number of hydrogen-bond donors (Lipinski definition) is 1. The molecule has 0 aromatic carbocycles. The van der Waals surface area contributed by atoms with Crippen molar-refractivity contribution in [3.8, 4) is 0 Å². The normalized spacial score (nSPS) is 22.8. The van der Waals surface area contributed by atoms with Gasteiger partial charge >= 0.3 is 5.97 Å². The minimum absolute atomic E-state index is 0.106. The van der Waals surface area contributed by atoms with Crippen LogP contribution in [0.15, 0.2) is 22.4 Å². The number of hydrogen-bond acceptors (Lipinski definition) is 5. The van der Waals surface area contributed by atoms with E-state index in [2.05, 4.69) is 10.1 Å². The Hall–Kier alpha value is -1.23. The van der Waals surface area contributed by atoms with E-state index in [-0.39, 0.29) is 5.12 Å². The molecule has 86 valence electrons. The molecule has 0 radical (unpaired) electrons. The molecule has 0 saturated carbocycles. The lowest BCUT2D eigenvalue weighted by Crippen LogP contribution is -2.26. The predicted molar refractivity (Wildman–Crippen MR) is 61.3 cm³/mol. The van der Waals surface area contributed by atoms with E-state index < -0.39 is 5.97 Å². The first-order chi connectivity index (χ1) is 7.70. The molecule has 1 N–H and O–H groups in total. The molecule has 0 unspecified atom stereocenters. The first-order valence-electron chi connectivity index (χ1n) is 5.21. The van der Waals surface area contributed by atoms with Gasteiger partial charge in [0.2, 0.25) is 5.12 Å². The van der Waals surface area contributed by atoms with Crippen LogP contribution in [0.1, 0.15) is 25.7 Å². The molecule has 1 aliphatic heterocycles. The molecule has 0 aromatic rings. The van der Waals surface area contributed by atoms with Crippen molar-refractivity contribution < 1.29 is 14.3 Å². The van der Waals surface area contributed by atoms with Gasteiger partial charge in [0.15, 0.2) is 0 Å². The topological polar surface area (TPSA) is 55.4 Å². The molecule has 4 nitrogen and oxygen atoms in total. The van der Waals surface area contributed by atoms with E-state index in [1.54, 1.807) is 0 Å². The van der Waals surface area contributed by atoms with E-state index in [9.17, 15) is 9.59 Å². The molecule has 1 heterocycles. The zero-order valence-corrected chi connectivity index (χ0v) is 9.86. The van der Waals surface area contributed by atoms with Crippen molar-refractivity contribution in [1.82, 2.24) is 5.32 Å². The Labute approximate surface area is 98.1 Å². The molecule has 0 spiro atoms. The maximum atomic E-state index is 11.7. The average molecular weight is 239 g/mol. The van der Waals surface area contributed by atoms with Crippen molar-refractivity contribution in [2.24, 2.45) is 0 Å². The number of allylic oxidation sites excluding steroid dienone is 2. The van der Waals surface area contributed by atoms with Gasteiger partial charge in [-0.2, -0.15) is 0 Å². The molecule has 0 saturated heterocycles. The van der Waals surface area contributed by atoms with Crippen LogP contribution in [0.5, 0.6) is 0 Å². The van der Waals surface area contributed by atoms with Crippen LogP contribution in [-0.4, -0.2) is 18.2 Å². The standard InChI is InChI=1S/C11H13NO3S/c1-15-10(13)6-8-11(14)16-9-5-3-2-4-7(9)12-8/h6,12H,2-5H2,1H3/b8-6+. The molecule has 5 heteroatoms. The minimum Gasteiger partial charge on any atom is -0.466 e. The fourth-order valence-corrected chi connectivity index (χ4v) is 2.74. The maximum Gasteiger partial charge on any atom is 0.332 e. The highest BCUT2D eigenvalue weighted by molar-refractivity contribution is 8.17. The van der Waals surface area contributed by atoms with Gasteiger partial charge in [0.05, 0.1) is 13.2 Å². The fourth-order valence-electron chi connectivity index (χ4n) is 1.77. The van der Waals surface area contributed by atoms with Gasteiger partial charge in [-0.15, -0.1) is 0 Å². The van der Waals surface area contributed by atoms with Crippen LogP contribution < -0.4 is 5.32 Å². The number of thioether (sulfide) groups is 1. The summed E-state index contributed by atoms with van der Waals surface area (Å²) < 4.78 is 4.50. The monoisotopic (exact) mass is 239 g/mol. The first-order valence-corrected chi connectivity index (χ1v) is 6.03. The van der Waals surface area contributed by atoms with Gasteiger partial charge in [0, 0.05) is 10.6 Å². The van der Waals surface area contributed by atoms with Gasteiger partial charge in [-0.05, 0) is 37.4 Å². The van der Waals surface area contributed by atoms with Gasteiger partial charge in [-0.1, -0.05) is 0 Å². The van der Waals surface area contributed by atoms with Crippen LogP contribution >= 0.6 is 11.8 Å². The maximum absolute atomic E-state index is 11.7. The van der Waals surface area contributed by atoms with Gasteiger partial charge in [-0.3, -0.25) is 4.79 Å². The van der Waals surface area contributed by atoms with Gasteiger partial charge in [-0.25, -0.2) is 4.79 Å². The molecule has 16 heavy (non-hydrogen) atoms. The molecular formula is C11H13NO3S. The Morgan fingerprint density at radius 2 is 2.19 bits per heavy atom. The van der Waals surface area contributed by atoms with E-state index in [0.717, 1.165) is 36.3 Å². The third-order valence-corrected chi connectivity index (χ3v) is 3.70. The largest absolute Gasteiger partial charge is 0.466 e. The Kier molecular flexibility index (Phi) is 3.33. The van der Waals surface area contributed by atoms with Crippen LogP contribution in [0.2, 0.25) is 0 Å². The second kappa shape index (κ2) is 4.74. The van der Waals surface area contributed by atoms with Crippen molar-refractivity contribution in [3.05, 3.63) is 22.4 Å². The van der Waals surface area contributed by atoms with Crippen molar-refractivity contribution in [1.29, 1.82) is 0 Å². The molecule has 2 aliphatic rings. The Balaban J connectivity index is 2.20. The third kappa shape index (κ3) is 2.29. The fraction of sp³-hybridized carbons (Fsp3) is 0.455. The summed E-state index contributed by atoms with van der Waals surface area (Å²) in [5, 5.41) is 2.93. The van der Waals surface area contributed by atoms with E-state index in [0.29, 0.717) is 5.70 Å². The lowest BCUT2D eigenvalue weighted by molar-refractivity contribution is -0.135. The zero-order valence-electron chi connectivity index (χ0n) is 9.04. The summed E-state index contributed by atoms with van der Waals surface area (Å²) in [6.07, 6.45) is 5.40. The quantitative estimate of drug-likeness (QED) is 0.557. The number of ether oxygens (including phenoxy) is 1. The van der Waals surface area contributed by atoms with Crippen LogP contribution in [0.4, 0.5) is 0 Å². The second-order valence-electron chi connectivity index (χ2n) is 3.70. The van der Waals surface area contributed by atoms with Crippen molar-refractivity contribution in [2.45, 2.75) is 25.7 Å². The molecule has 0 fully saturated rings. The molecule has 2 rings (SSSR count). The van der Waals surface area contributed by atoms with Crippen LogP contribution in [0.25, 0.3) is 0 Å². The van der Waals surface area contributed by atoms with E-state index in [4.69, 9.17) is 0 Å². The molecule has 0 aromatic heterocycles. The Bertz CT molecular complexity index is 398. The second-order valence-corrected chi connectivity index (χ2v) is 4.77.